The third-order valence-corrected chi connectivity index (χ3v) is 4.45. The number of nitrogens with zero attached hydrogens (tertiary/aromatic N) is 5. The summed E-state index contributed by atoms with van der Waals surface area (Å²) in [7, 11) is 1.96. The minimum atomic E-state index is 0.817. The first kappa shape index (κ1) is 13.2. The van der Waals surface area contributed by atoms with Crippen molar-refractivity contribution in [3.63, 3.8) is 0 Å². The van der Waals surface area contributed by atoms with E-state index in [1.807, 2.05) is 34.9 Å². The molecule has 0 bridgehead atoms. The summed E-state index contributed by atoms with van der Waals surface area (Å²) in [6.07, 6.45) is 8.45. The monoisotopic (exact) mass is 293 g/mol. The minimum absolute atomic E-state index is 0.817. The second-order valence-electron chi connectivity index (χ2n) is 5.90. The van der Waals surface area contributed by atoms with Crippen molar-refractivity contribution in [1.82, 2.24) is 24.8 Å². The maximum atomic E-state index is 4.32. The first-order chi connectivity index (χ1) is 10.8. The van der Waals surface area contributed by atoms with E-state index in [2.05, 4.69) is 33.6 Å². The van der Waals surface area contributed by atoms with E-state index in [9.17, 15) is 0 Å². The van der Waals surface area contributed by atoms with Crippen LogP contribution in [0.25, 0.3) is 11.3 Å². The Kier molecular flexibility index (Phi) is 3.25. The number of fused-ring (bicyclic) bond motifs is 1. The molecular formula is C17H19N5. The van der Waals surface area contributed by atoms with Crippen LogP contribution in [-0.4, -0.2) is 24.8 Å². The standard InChI is InChI=1S/C17H19N5/c1-21-16(7-9-18-21)8-10-22-12-17(19-20-22)15-6-5-13-3-2-4-14(13)11-15/h5-7,9,11-12H,2-4,8,10H2,1H3. The lowest BCUT2D eigenvalue weighted by Gasteiger charge is -2.02. The molecule has 0 aliphatic heterocycles. The minimum Gasteiger partial charge on any atom is -0.273 e. The normalized spacial score (nSPS) is 13.5. The third kappa shape index (κ3) is 2.43. The summed E-state index contributed by atoms with van der Waals surface area (Å²) in [6, 6.07) is 8.72. The van der Waals surface area contributed by atoms with Crippen LogP contribution in [0.5, 0.6) is 0 Å². The highest BCUT2D eigenvalue weighted by molar-refractivity contribution is 5.60. The Morgan fingerprint density at radius 3 is 2.91 bits per heavy atom. The molecule has 5 nitrogen and oxygen atoms in total. The summed E-state index contributed by atoms with van der Waals surface area (Å²) in [4.78, 5) is 0. The Labute approximate surface area is 129 Å². The number of aromatic nitrogens is 5. The van der Waals surface area contributed by atoms with Gasteiger partial charge in [0.1, 0.15) is 5.69 Å². The molecule has 1 aromatic carbocycles. The maximum absolute atomic E-state index is 4.32. The first-order valence-electron chi connectivity index (χ1n) is 7.79. The van der Waals surface area contributed by atoms with Gasteiger partial charge >= 0.3 is 0 Å². The molecule has 0 unspecified atom stereocenters. The molecule has 2 aromatic heterocycles. The van der Waals surface area contributed by atoms with Crippen molar-refractivity contribution >= 4 is 0 Å². The van der Waals surface area contributed by atoms with Crippen molar-refractivity contribution in [2.24, 2.45) is 7.05 Å². The fourth-order valence-electron chi connectivity index (χ4n) is 3.15. The quantitative estimate of drug-likeness (QED) is 0.742. The van der Waals surface area contributed by atoms with E-state index in [0.29, 0.717) is 0 Å². The van der Waals surface area contributed by atoms with Crippen LogP contribution >= 0.6 is 0 Å². The van der Waals surface area contributed by atoms with Crippen molar-refractivity contribution in [3.8, 4) is 11.3 Å². The van der Waals surface area contributed by atoms with Crippen LogP contribution in [0.1, 0.15) is 23.2 Å². The molecule has 3 aromatic rings. The average molecular weight is 293 g/mol. The molecule has 0 atom stereocenters. The lowest BCUT2D eigenvalue weighted by atomic mass is 10.0. The second kappa shape index (κ2) is 5.40. The highest BCUT2D eigenvalue weighted by atomic mass is 15.4. The largest absolute Gasteiger partial charge is 0.273 e. The summed E-state index contributed by atoms with van der Waals surface area (Å²) in [6.45, 7) is 0.817. The number of benzene rings is 1. The Morgan fingerprint density at radius 1 is 1.14 bits per heavy atom. The molecule has 1 aliphatic rings. The van der Waals surface area contributed by atoms with Gasteiger partial charge in [-0.1, -0.05) is 17.3 Å². The predicted octanol–water partition coefficient (Wildman–Crippen LogP) is 2.41. The lowest BCUT2D eigenvalue weighted by Crippen LogP contribution is -2.05. The van der Waals surface area contributed by atoms with E-state index in [1.54, 1.807) is 0 Å². The van der Waals surface area contributed by atoms with Gasteiger partial charge in [-0.25, -0.2) is 0 Å². The van der Waals surface area contributed by atoms with E-state index < -0.39 is 0 Å². The van der Waals surface area contributed by atoms with Crippen LogP contribution in [0.2, 0.25) is 0 Å². The van der Waals surface area contributed by atoms with E-state index in [4.69, 9.17) is 0 Å². The SMILES string of the molecule is Cn1nccc1CCn1cc(-c2ccc3c(c2)CCC3)nn1. The average Bonchev–Trinajstić information content (AvgIpc) is 3.25. The fraction of sp³-hybridized carbons (Fsp3) is 0.353. The highest BCUT2D eigenvalue weighted by Crippen LogP contribution is 2.26. The molecule has 0 amide bonds. The Bertz CT molecular complexity index is 799. The van der Waals surface area contributed by atoms with Crippen molar-refractivity contribution in [2.45, 2.75) is 32.2 Å². The Hall–Kier alpha value is -2.43. The molecule has 112 valence electrons. The molecule has 0 N–H and O–H groups in total. The highest BCUT2D eigenvalue weighted by Gasteiger charge is 2.13. The Balaban J connectivity index is 1.50. The second-order valence-corrected chi connectivity index (χ2v) is 5.90. The number of hydrogen-bond donors (Lipinski definition) is 0. The molecule has 0 spiro atoms. The van der Waals surface area contributed by atoms with Crippen molar-refractivity contribution in [3.05, 3.63) is 53.5 Å². The zero-order chi connectivity index (χ0) is 14.9. The van der Waals surface area contributed by atoms with Crippen LogP contribution < -0.4 is 0 Å². The van der Waals surface area contributed by atoms with Gasteiger partial charge in [-0.2, -0.15) is 5.10 Å². The molecule has 0 saturated heterocycles. The molecule has 22 heavy (non-hydrogen) atoms. The third-order valence-electron chi connectivity index (χ3n) is 4.45. The van der Waals surface area contributed by atoms with Gasteiger partial charge in [0.2, 0.25) is 0 Å². The maximum Gasteiger partial charge on any atom is 0.113 e. The summed E-state index contributed by atoms with van der Waals surface area (Å²) in [5.41, 5.74) is 6.30. The fourth-order valence-corrected chi connectivity index (χ4v) is 3.15. The molecule has 0 saturated carbocycles. The zero-order valence-electron chi connectivity index (χ0n) is 12.7. The van der Waals surface area contributed by atoms with Gasteiger partial charge in [-0.3, -0.25) is 9.36 Å². The van der Waals surface area contributed by atoms with Gasteiger partial charge in [-0.05, 0) is 42.5 Å². The number of aryl methyl sites for hydroxylation is 5. The van der Waals surface area contributed by atoms with Crippen LogP contribution in [0.15, 0.2) is 36.7 Å². The number of rotatable bonds is 4. The smallest absolute Gasteiger partial charge is 0.113 e. The molecule has 4 rings (SSSR count). The molecule has 1 aliphatic carbocycles. The van der Waals surface area contributed by atoms with Crippen LogP contribution in [0, 0.1) is 0 Å². The predicted molar refractivity (Wildman–Crippen MR) is 84.4 cm³/mol. The van der Waals surface area contributed by atoms with Crippen molar-refractivity contribution < 1.29 is 0 Å². The molecule has 0 radical (unpaired) electrons. The van der Waals surface area contributed by atoms with Crippen LogP contribution in [0.3, 0.4) is 0 Å². The molecular weight excluding hydrogens is 274 g/mol. The lowest BCUT2D eigenvalue weighted by molar-refractivity contribution is 0.567. The topological polar surface area (TPSA) is 48.5 Å². The van der Waals surface area contributed by atoms with E-state index in [1.165, 1.54) is 41.6 Å². The summed E-state index contributed by atoms with van der Waals surface area (Å²) >= 11 is 0. The first-order valence-corrected chi connectivity index (χ1v) is 7.79. The van der Waals surface area contributed by atoms with Crippen LogP contribution in [0.4, 0.5) is 0 Å². The summed E-state index contributed by atoms with van der Waals surface area (Å²) in [5.74, 6) is 0. The van der Waals surface area contributed by atoms with Gasteiger partial charge in [0.05, 0.1) is 6.20 Å². The van der Waals surface area contributed by atoms with Gasteiger partial charge in [0.25, 0.3) is 0 Å². The zero-order valence-corrected chi connectivity index (χ0v) is 12.7. The summed E-state index contributed by atoms with van der Waals surface area (Å²) in [5, 5.41) is 12.8. The van der Waals surface area contributed by atoms with Crippen LogP contribution in [-0.2, 0) is 32.9 Å². The van der Waals surface area contributed by atoms with Gasteiger partial charge in [0, 0.05) is 37.5 Å². The number of hydrogen-bond acceptors (Lipinski definition) is 3. The van der Waals surface area contributed by atoms with Crippen molar-refractivity contribution in [2.75, 3.05) is 0 Å². The molecule has 2 heterocycles. The van der Waals surface area contributed by atoms with Crippen molar-refractivity contribution in [1.29, 1.82) is 0 Å². The van der Waals surface area contributed by atoms with E-state index in [0.717, 1.165) is 18.7 Å². The summed E-state index contributed by atoms with van der Waals surface area (Å²) < 4.78 is 3.81. The van der Waals surface area contributed by atoms with E-state index >= 15 is 0 Å². The van der Waals surface area contributed by atoms with Gasteiger partial charge in [-0.15, -0.1) is 5.10 Å². The van der Waals surface area contributed by atoms with Gasteiger partial charge in [0.15, 0.2) is 0 Å². The Morgan fingerprint density at radius 2 is 2.05 bits per heavy atom. The van der Waals surface area contributed by atoms with Gasteiger partial charge < -0.3 is 0 Å². The molecule has 5 heteroatoms. The molecule has 0 fully saturated rings. The van der Waals surface area contributed by atoms with E-state index in [-0.39, 0.29) is 0 Å².